The molecule has 1 aromatic heterocycles. The predicted octanol–water partition coefficient (Wildman–Crippen LogP) is 3.71. The molecule has 1 atom stereocenters. The Bertz CT molecular complexity index is 557. The third-order valence-corrected chi connectivity index (χ3v) is 3.04. The second-order valence-electron chi connectivity index (χ2n) is 4.74. The van der Waals surface area contributed by atoms with Crippen LogP contribution in [0.3, 0.4) is 0 Å². The Morgan fingerprint density at radius 3 is 2.20 bits per heavy atom. The lowest BCUT2D eigenvalue weighted by Crippen LogP contribution is -2.06. The average Bonchev–Trinajstić information content (AvgIpc) is 2.39. The summed E-state index contributed by atoms with van der Waals surface area (Å²) in [4.78, 5) is 4.26. The van der Waals surface area contributed by atoms with Crippen molar-refractivity contribution in [2.75, 3.05) is 0 Å². The van der Waals surface area contributed by atoms with E-state index < -0.39 is 11.7 Å². The SMILES string of the molecule is CC(N)c1ccc(Cc2ccc(C(F)(F)F)cc2)nc1. The minimum absolute atomic E-state index is 0.0809. The fourth-order valence-corrected chi connectivity index (χ4v) is 1.83. The fourth-order valence-electron chi connectivity index (χ4n) is 1.83. The summed E-state index contributed by atoms with van der Waals surface area (Å²) < 4.78 is 37.3. The molecule has 1 unspecified atom stereocenters. The standard InChI is InChI=1S/C15H15F3N2/c1-10(19)12-4-7-14(20-9-12)8-11-2-5-13(6-3-11)15(16,17)18/h2-7,9-10H,8,19H2,1H3. The van der Waals surface area contributed by atoms with Crippen molar-refractivity contribution >= 4 is 0 Å². The number of benzene rings is 1. The molecular weight excluding hydrogens is 265 g/mol. The topological polar surface area (TPSA) is 38.9 Å². The maximum atomic E-state index is 12.4. The lowest BCUT2D eigenvalue weighted by atomic mass is 10.1. The number of rotatable bonds is 3. The minimum Gasteiger partial charge on any atom is -0.324 e. The third-order valence-electron chi connectivity index (χ3n) is 3.04. The highest BCUT2D eigenvalue weighted by Crippen LogP contribution is 2.29. The van der Waals surface area contributed by atoms with Crippen molar-refractivity contribution in [1.82, 2.24) is 4.98 Å². The summed E-state index contributed by atoms with van der Waals surface area (Å²) in [5, 5.41) is 0. The van der Waals surface area contributed by atoms with Gasteiger partial charge in [-0.15, -0.1) is 0 Å². The second kappa shape index (κ2) is 5.63. The smallest absolute Gasteiger partial charge is 0.324 e. The van der Waals surface area contributed by atoms with Gasteiger partial charge in [0.25, 0.3) is 0 Å². The van der Waals surface area contributed by atoms with Gasteiger partial charge >= 0.3 is 6.18 Å². The highest BCUT2D eigenvalue weighted by molar-refractivity contribution is 5.28. The van der Waals surface area contributed by atoms with E-state index >= 15 is 0 Å². The average molecular weight is 280 g/mol. The van der Waals surface area contributed by atoms with E-state index in [9.17, 15) is 13.2 Å². The number of aromatic nitrogens is 1. The van der Waals surface area contributed by atoms with Crippen LogP contribution < -0.4 is 5.73 Å². The molecule has 2 rings (SSSR count). The second-order valence-corrected chi connectivity index (χ2v) is 4.74. The van der Waals surface area contributed by atoms with Crippen molar-refractivity contribution < 1.29 is 13.2 Å². The largest absolute Gasteiger partial charge is 0.416 e. The monoisotopic (exact) mass is 280 g/mol. The number of hydrogen-bond acceptors (Lipinski definition) is 2. The van der Waals surface area contributed by atoms with Gasteiger partial charge in [0.1, 0.15) is 0 Å². The summed E-state index contributed by atoms with van der Waals surface area (Å²) >= 11 is 0. The molecular formula is C15H15F3N2. The van der Waals surface area contributed by atoms with E-state index in [1.54, 1.807) is 6.20 Å². The van der Waals surface area contributed by atoms with Crippen molar-refractivity contribution in [2.24, 2.45) is 5.73 Å². The van der Waals surface area contributed by atoms with Gasteiger partial charge in [-0.25, -0.2) is 0 Å². The van der Waals surface area contributed by atoms with Gasteiger partial charge in [-0.1, -0.05) is 18.2 Å². The van der Waals surface area contributed by atoms with Crippen LogP contribution >= 0.6 is 0 Å². The van der Waals surface area contributed by atoms with Crippen LogP contribution in [0.4, 0.5) is 13.2 Å². The summed E-state index contributed by atoms with van der Waals surface area (Å²) in [7, 11) is 0. The molecule has 2 aromatic rings. The Labute approximate surface area is 115 Å². The zero-order valence-electron chi connectivity index (χ0n) is 11.0. The first-order valence-electron chi connectivity index (χ1n) is 6.23. The van der Waals surface area contributed by atoms with Crippen LogP contribution in [-0.4, -0.2) is 4.98 Å². The summed E-state index contributed by atoms with van der Waals surface area (Å²) in [6.07, 6.45) is -2.10. The summed E-state index contributed by atoms with van der Waals surface area (Å²) in [6.45, 7) is 1.87. The number of nitrogens with two attached hydrogens (primary N) is 1. The summed E-state index contributed by atoms with van der Waals surface area (Å²) in [5.41, 5.74) is 7.61. The van der Waals surface area contributed by atoms with Crippen LogP contribution in [0.1, 0.15) is 35.3 Å². The minimum atomic E-state index is -4.30. The molecule has 0 amide bonds. The lowest BCUT2D eigenvalue weighted by Gasteiger charge is -2.08. The van der Waals surface area contributed by atoms with Crippen LogP contribution in [0.15, 0.2) is 42.6 Å². The molecule has 0 spiro atoms. The molecule has 0 aliphatic rings. The Morgan fingerprint density at radius 2 is 1.75 bits per heavy atom. The highest BCUT2D eigenvalue weighted by atomic mass is 19.4. The molecule has 0 radical (unpaired) electrons. The van der Waals surface area contributed by atoms with Gasteiger partial charge in [0.2, 0.25) is 0 Å². The molecule has 0 aliphatic carbocycles. The van der Waals surface area contributed by atoms with Crippen LogP contribution in [0.25, 0.3) is 0 Å². The summed E-state index contributed by atoms with van der Waals surface area (Å²) in [5.74, 6) is 0. The molecule has 1 aromatic carbocycles. The molecule has 0 saturated carbocycles. The van der Waals surface area contributed by atoms with E-state index in [0.717, 1.165) is 29.0 Å². The Kier molecular flexibility index (Phi) is 4.09. The zero-order chi connectivity index (χ0) is 14.8. The first kappa shape index (κ1) is 14.5. The molecule has 0 fully saturated rings. The van der Waals surface area contributed by atoms with Gasteiger partial charge < -0.3 is 5.73 Å². The molecule has 2 N–H and O–H groups in total. The molecule has 20 heavy (non-hydrogen) atoms. The van der Waals surface area contributed by atoms with Crippen molar-refractivity contribution in [3.05, 3.63) is 65.0 Å². The maximum Gasteiger partial charge on any atom is 0.416 e. The van der Waals surface area contributed by atoms with E-state index in [2.05, 4.69) is 4.98 Å². The van der Waals surface area contributed by atoms with E-state index in [-0.39, 0.29) is 6.04 Å². The van der Waals surface area contributed by atoms with Gasteiger partial charge in [-0.3, -0.25) is 4.98 Å². The number of nitrogens with zero attached hydrogens (tertiary/aromatic N) is 1. The molecule has 0 aliphatic heterocycles. The van der Waals surface area contributed by atoms with Gasteiger partial charge in [-0.05, 0) is 36.2 Å². The van der Waals surface area contributed by atoms with Crippen molar-refractivity contribution in [1.29, 1.82) is 0 Å². The van der Waals surface area contributed by atoms with Crippen LogP contribution in [0.5, 0.6) is 0 Å². The number of pyridine rings is 1. The number of alkyl halides is 3. The normalized spacial score (nSPS) is 13.2. The molecule has 5 heteroatoms. The van der Waals surface area contributed by atoms with Gasteiger partial charge in [0.15, 0.2) is 0 Å². The lowest BCUT2D eigenvalue weighted by molar-refractivity contribution is -0.137. The van der Waals surface area contributed by atoms with Crippen molar-refractivity contribution in [2.45, 2.75) is 25.6 Å². The predicted molar refractivity (Wildman–Crippen MR) is 71.1 cm³/mol. The Morgan fingerprint density at radius 1 is 1.10 bits per heavy atom. The number of halogens is 3. The zero-order valence-corrected chi connectivity index (χ0v) is 11.0. The van der Waals surface area contributed by atoms with E-state index in [1.807, 2.05) is 19.1 Å². The van der Waals surface area contributed by atoms with Gasteiger partial charge in [-0.2, -0.15) is 13.2 Å². The Hall–Kier alpha value is -1.88. The van der Waals surface area contributed by atoms with Crippen LogP contribution in [0, 0.1) is 0 Å². The van der Waals surface area contributed by atoms with Crippen LogP contribution in [0.2, 0.25) is 0 Å². The molecule has 0 bridgehead atoms. The first-order valence-corrected chi connectivity index (χ1v) is 6.23. The van der Waals surface area contributed by atoms with E-state index in [4.69, 9.17) is 5.73 Å². The van der Waals surface area contributed by atoms with E-state index in [1.165, 1.54) is 12.1 Å². The quantitative estimate of drug-likeness (QED) is 0.930. The molecule has 1 heterocycles. The molecule has 106 valence electrons. The highest BCUT2D eigenvalue weighted by Gasteiger charge is 2.29. The van der Waals surface area contributed by atoms with Crippen molar-refractivity contribution in [3.8, 4) is 0 Å². The van der Waals surface area contributed by atoms with Crippen LogP contribution in [-0.2, 0) is 12.6 Å². The maximum absolute atomic E-state index is 12.4. The molecule has 0 saturated heterocycles. The molecule has 2 nitrogen and oxygen atoms in total. The third kappa shape index (κ3) is 3.57. The Balaban J connectivity index is 2.10. The van der Waals surface area contributed by atoms with Gasteiger partial charge in [0.05, 0.1) is 5.56 Å². The van der Waals surface area contributed by atoms with Crippen molar-refractivity contribution in [3.63, 3.8) is 0 Å². The fraction of sp³-hybridized carbons (Fsp3) is 0.267. The summed E-state index contributed by atoms with van der Waals surface area (Å²) in [6, 6.07) is 8.78. The number of hydrogen-bond donors (Lipinski definition) is 1. The first-order chi connectivity index (χ1) is 9.36. The van der Waals surface area contributed by atoms with E-state index in [0.29, 0.717) is 6.42 Å². The van der Waals surface area contributed by atoms with Gasteiger partial charge in [0, 0.05) is 24.4 Å².